The van der Waals surface area contributed by atoms with E-state index in [1.165, 1.54) is 0 Å². The van der Waals surface area contributed by atoms with E-state index in [9.17, 15) is 4.79 Å². The average Bonchev–Trinajstić information content (AvgIpc) is 3.34. The van der Waals surface area contributed by atoms with Crippen LogP contribution in [0, 0.1) is 6.92 Å². The first-order valence-corrected chi connectivity index (χ1v) is 11.6. The van der Waals surface area contributed by atoms with Gasteiger partial charge < -0.3 is 19.0 Å². The summed E-state index contributed by atoms with van der Waals surface area (Å²) in [7, 11) is 0. The van der Waals surface area contributed by atoms with Crippen molar-refractivity contribution in [1.29, 1.82) is 0 Å². The molecule has 1 amide bonds. The molecule has 0 bridgehead atoms. The monoisotopic (exact) mass is 451 g/mol. The molecule has 1 N–H and O–H groups in total. The number of ether oxygens (including phenoxy) is 1. The number of imidazole rings is 1. The highest BCUT2D eigenvalue weighted by Gasteiger charge is 2.26. The topological polar surface area (TPSA) is 71.4 Å². The number of amides is 1. The molecular formula is C28H25N3O3. The fourth-order valence-corrected chi connectivity index (χ4v) is 4.79. The summed E-state index contributed by atoms with van der Waals surface area (Å²) in [5.41, 5.74) is 5.10. The lowest BCUT2D eigenvalue weighted by molar-refractivity contribution is 0.0702. The van der Waals surface area contributed by atoms with Crippen molar-refractivity contribution in [2.24, 2.45) is 0 Å². The predicted octanol–water partition coefficient (Wildman–Crippen LogP) is 5.88. The molecule has 0 aliphatic carbocycles. The highest BCUT2D eigenvalue weighted by atomic mass is 16.5. The lowest BCUT2D eigenvalue weighted by atomic mass is 10.0. The Labute approximate surface area is 197 Å². The lowest BCUT2D eigenvalue weighted by Gasteiger charge is -2.19. The van der Waals surface area contributed by atoms with Gasteiger partial charge >= 0.3 is 0 Å². The van der Waals surface area contributed by atoms with E-state index in [0.29, 0.717) is 25.5 Å². The second-order valence-corrected chi connectivity index (χ2v) is 8.71. The van der Waals surface area contributed by atoms with E-state index < -0.39 is 0 Å². The van der Waals surface area contributed by atoms with E-state index in [-0.39, 0.29) is 5.91 Å². The number of hydrogen-bond donors (Lipinski definition) is 1. The molecule has 2 aromatic heterocycles. The fourth-order valence-electron chi connectivity index (χ4n) is 4.79. The van der Waals surface area contributed by atoms with Crippen LogP contribution in [0.4, 0.5) is 0 Å². The molecule has 0 spiro atoms. The number of aromatic nitrogens is 2. The summed E-state index contributed by atoms with van der Waals surface area (Å²) in [5, 5.41) is 1.87. The number of hydrogen-bond acceptors (Lipinski definition) is 4. The number of H-pyrrole nitrogens is 1. The van der Waals surface area contributed by atoms with Crippen LogP contribution in [0.1, 0.15) is 34.6 Å². The molecule has 0 radical (unpaired) electrons. The Kier molecular flexibility index (Phi) is 4.87. The van der Waals surface area contributed by atoms with Gasteiger partial charge in [-0.25, -0.2) is 4.98 Å². The van der Waals surface area contributed by atoms with Crippen LogP contribution in [0.3, 0.4) is 0 Å². The molecule has 1 aliphatic heterocycles. The van der Waals surface area contributed by atoms with Crippen LogP contribution < -0.4 is 4.74 Å². The number of nitrogens with one attached hydrogen (secondary N) is 1. The van der Waals surface area contributed by atoms with Gasteiger partial charge in [0.15, 0.2) is 5.76 Å². The Hall–Kier alpha value is -4.06. The third-order valence-electron chi connectivity index (χ3n) is 6.47. The first-order chi connectivity index (χ1) is 16.6. The maximum Gasteiger partial charge on any atom is 0.290 e. The van der Waals surface area contributed by atoms with Crippen molar-refractivity contribution in [3.05, 3.63) is 83.6 Å². The zero-order chi connectivity index (χ0) is 23.2. The molecule has 0 saturated carbocycles. The molecular weight excluding hydrogens is 426 g/mol. The second-order valence-electron chi connectivity index (χ2n) is 8.71. The molecule has 1 aliphatic rings. The molecule has 3 heterocycles. The number of rotatable bonds is 3. The standard InChI is InChI=1S/C28H25N3O3/c1-3-25-21-6-4-5-7-22(21)27(34-25)28(32)31-12-13-33-26-11-9-18(14-20(26)16-31)19-8-10-23-24(15-19)30-17(2)29-23/h4-11,14-15H,3,12-13,16H2,1-2H3,(H,29,30). The number of aromatic amines is 1. The summed E-state index contributed by atoms with van der Waals surface area (Å²) >= 11 is 0. The van der Waals surface area contributed by atoms with Crippen LogP contribution in [-0.2, 0) is 13.0 Å². The van der Waals surface area contributed by atoms with Crippen LogP contribution in [-0.4, -0.2) is 33.9 Å². The van der Waals surface area contributed by atoms with E-state index >= 15 is 0 Å². The van der Waals surface area contributed by atoms with Crippen LogP contribution in [0.2, 0.25) is 0 Å². The van der Waals surface area contributed by atoms with Crippen LogP contribution in [0.25, 0.3) is 32.9 Å². The van der Waals surface area contributed by atoms with Crippen molar-refractivity contribution >= 4 is 27.7 Å². The Balaban J connectivity index is 1.35. The molecule has 6 nitrogen and oxygen atoms in total. The van der Waals surface area contributed by atoms with Gasteiger partial charge in [-0.05, 0) is 42.3 Å². The summed E-state index contributed by atoms with van der Waals surface area (Å²) in [5.74, 6) is 2.86. The van der Waals surface area contributed by atoms with E-state index in [0.717, 1.165) is 62.3 Å². The summed E-state index contributed by atoms with van der Waals surface area (Å²) in [6, 6.07) is 20.3. The van der Waals surface area contributed by atoms with Gasteiger partial charge in [-0.3, -0.25) is 4.79 Å². The van der Waals surface area contributed by atoms with Crippen molar-refractivity contribution in [3.8, 4) is 16.9 Å². The summed E-state index contributed by atoms with van der Waals surface area (Å²) < 4.78 is 12.1. The summed E-state index contributed by atoms with van der Waals surface area (Å²) in [6.07, 6.45) is 0.739. The van der Waals surface area contributed by atoms with Crippen LogP contribution in [0.15, 0.2) is 65.1 Å². The Morgan fingerprint density at radius 2 is 1.85 bits per heavy atom. The van der Waals surface area contributed by atoms with Gasteiger partial charge in [0.1, 0.15) is 23.9 Å². The normalized spacial score (nSPS) is 13.6. The minimum Gasteiger partial charge on any atom is -0.491 e. The minimum absolute atomic E-state index is 0.105. The molecule has 6 rings (SSSR count). The number of benzene rings is 3. The zero-order valence-electron chi connectivity index (χ0n) is 19.2. The Morgan fingerprint density at radius 1 is 1.06 bits per heavy atom. The first-order valence-electron chi connectivity index (χ1n) is 11.6. The predicted molar refractivity (Wildman–Crippen MR) is 132 cm³/mol. The third-order valence-corrected chi connectivity index (χ3v) is 6.47. The van der Waals surface area contributed by atoms with Gasteiger partial charge in [0, 0.05) is 29.3 Å². The highest BCUT2D eigenvalue weighted by molar-refractivity contribution is 6.05. The molecule has 0 saturated heterocycles. The SMILES string of the molecule is CCc1oc(C(=O)N2CCOc3ccc(-c4ccc5nc(C)[nH]c5c4)cc3C2)c2ccccc12. The van der Waals surface area contributed by atoms with Gasteiger partial charge in [0.05, 0.1) is 17.6 Å². The number of fused-ring (bicyclic) bond motifs is 3. The van der Waals surface area contributed by atoms with Gasteiger partial charge in [0.2, 0.25) is 0 Å². The molecule has 6 heteroatoms. The van der Waals surface area contributed by atoms with Crippen molar-refractivity contribution in [1.82, 2.24) is 14.9 Å². The zero-order valence-corrected chi connectivity index (χ0v) is 19.2. The summed E-state index contributed by atoms with van der Waals surface area (Å²) in [4.78, 5) is 23.2. The van der Waals surface area contributed by atoms with Crippen molar-refractivity contribution < 1.29 is 13.9 Å². The largest absolute Gasteiger partial charge is 0.491 e. The maximum atomic E-state index is 13.6. The number of nitrogens with zero attached hydrogens (tertiary/aromatic N) is 2. The summed E-state index contributed by atoms with van der Waals surface area (Å²) in [6.45, 7) is 5.40. The van der Waals surface area contributed by atoms with Crippen LogP contribution in [0.5, 0.6) is 5.75 Å². The molecule has 0 fully saturated rings. The molecule has 0 atom stereocenters. The molecule has 3 aromatic carbocycles. The van der Waals surface area contributed by atoms with E-state index in [1.54, 1.807) is 0 Å². The van der Waals surface area contributed by atoms with Crippen molar-refractivity contribution in [2.45, 2.75) is 26.8 Å². The smallest absolute Gasteiger partial charge is 0.290 e. The fraction of sp³-hybridized carbons (Fsp3) is 0.214. The second kappa shape index (κ2) is 8.06. The number of carbonyl (C=O) groups excluding carboxylic acids is 1. The maximum absolute atomic E-state index is 13.6. The van der Waals surface area contributed by atoms with Crippen molar-refractivity contribution in [3.63, 3.8) is 0 Å². The van der Waals surface area contributed by atoms with Gasteiger partial charge in [0.25, 0.3) is 5.91 Å². The van der Waals surface area contributed by atoms with Gasteiger partial charge in [-0.1, -0.05) is 43.3 Å². The highest BCUT2D eigenvalue weighted by Crippen LogP contribution is 2.32. The number of carbonyl (C=O) groups is 1. The molecule has 34 heavy (non-hydrogen) atoms. The van der Waals surface area contributed by atoms with E-state index in [4.69, 9.17) is 9.15 Å². The lowest BCUT2D eigenvalue weighted by Crippen LogP contribution is -2.32. The van der Waals surface area contributed by atoms with E-state index in [1.807, 2.05) is 55.1 Å². The molecule has 5 aromatic rings. The average molecular weight is 452 g/mol. The van der Waals surface area contributed by atoms with Crippen molar-refractivity contribution in [2.75, 3.05) is 13.2 Å². The minimum atomic E-state index is -0.105. The third kappa shape index (κ3) is 3.43. The quantitative estimate of drug-likeness (QED) is 0.372. The Bertz CT molecular complexity index is 1550. The molecule has 0 unspecified atom stereocenters. The first kappa shape index (κ1) is 20.5. The number of aryl methyl sites for hydroxylation is 2. The van der Waals surface area contributed by atoms with Gasteiger partial charge in [-0.2, -0.15) is 0 Å². The molecule has 170 valence electrons. The van der Waals surface area contributed by atoms with Crippen LogP contribution >= 0.6 is 0 Å². The van der Waals surface area contributed by atoms with E-state index in [2.05, 4.69) is 34.2 Å². The van der Waals surface area contributed by atoms with Gasteiger partial charge in [-0.15, -0.1) is 0 Å². The number of furan rings is 1. The Morgan fingerprint density at radius 3 is 2.71 bits per heavy atom.